The SMILES string of the molecule is CCCN1CC(Cc2cc(F)c([C@@H]3c4[nH]c5ccccc5c4C[C@@H](C)N3CC(C)(C)F)s2)C1. The van der Waals surface area contributed by atoms with E-state index in [9.17, 15) is 4.39 Å². The third-order valence-corrected chi connectivity index (χ3v) is 8.34. The number of aromatic nitrogens is 1. The zero-order valence-electron chi connectivity index (χ0n) is 20.1. The number of aromatic amines is 1. The van der Waals surface area contributed by atoms with Gasteiger partial charge >= 0.3 is 0 Å². The van der Waals surface area contributed by atoms with E-state index in [0.717, 1.165) is 53.4 Å². The number of benzene rings is 1. The van der Waals surface area contributed by atoms with Gasteiger partial charge in [-0.3, -0.25) is 4.90 Å². The van der Waals surface area contributed by atoms with Crippen LogP contribution in [0.2, 0.25) is 0 Å². The van der Waals surface area contributed by atoms with Gasteiger partial charge in [-0.05, 0) is 70.2 Å². The van der Waals surface area contributed by atoms with Crippen LogP contribution in [-0.2, 0) is 12.8 Å². The molecule has 1 fully saturated rings. The minimum atomic E-state index is -1.36. The fourth-order valence-corrected chi connectivity index (χ4v) is 7.06. The van der Waals surface area contributed by atoms with E-state index in [1.807, 2.05) is 6.07 Å². The van der Waals surface area contributed by atoms with Gasteiger partial charge in [0.2, 0.25) is 0 Å². The molecule has 5 rings (SSSR count). The molecule has 0 saturated carbocycles. The van der Waals surface area contributed by atoms with E-state index < -0.39 is 5.67 Å². The van der Waals surface area contributed by atoms with Gasteiger partial charge in [0, 0.05) is 47.2 Å². The van der Waals surface area contributed by atoms with Crippen molar-refractivity contribution in [2.45, 2.75) is 64.7 Å². The molecule has 33 heavy (non-hydrogen) atoms. The number of alkyl halides is 1. The van der Waals surface area contributed by atoms with Crippen LogP contribution in [0, 0.1) is 11.7 Å². The Bertz CT molecular complexity index is 1120. The third-order valence-electron chi connectivity index (χ3n) is 7.15. The Labute approximate surface area is 199 Å². The van der Waals surface area contributed by atoms with Gasteiger partial charge in [0.25, 0.3) is 0 Å². The zero-order chi connectivity index (χ0) is 23.3. The number of rotatable bonds is 7. The normalized spacial score (nSPS) is 22.6. The number of hydrogen-bond acceptors (Lipinski definition) is 3. The molecule has 0 amide bonds. The fraction of sp³-hybridized carbons (Fsp3) is 0.556. The summed E-state index contributed by atoms with van der Waals surface area (Å²) < 4.78 is 30.4. The maximum absolute atomic E-state index is 15.5. The number of nitrogens with zero attached hydrogens (tertiary/aromatic N) is 2. The van der Waals surface area contributed by atoms with E-state index in [1.165, 1.54) is 17.4 Å². The first-order valence-electron chi connectivity index (χ1n) is 12.3. The molecule has 0 radical (unpaired) electrons. The quantitative estimate of drug-likeness (QED) is 0.435. The van der Waals surface area contributed by atoms with E-state index in [-0.39, 0.29) is 24.4 Å². The van der Waals surface area contributed by atoms with Crippen molar-refractivity contribution < 1.29 is 8.78 Å². The first-order chi connectivity index (χ1) is 15.7. The Morgan fingerprint density at radius 2 is 1.97 bits per heavy atom. The minimum absolute atomic E-state index is 0.121. The Morgan fingerprint density at radius 1 is 1.21 bits per heavy atom. The monoisotopic (exact) mass is 471 g/mol. The molecule has 3 aromatic rings. The lowest BCUT2D eigenvalue weighted by atomic mass is 9.90. The molecular formula is C27H35F2N3S. The number of nitrogens with one attached hydrogen (secondary N) is 1. The van der Waals surface area contributed by atoms with Crippen molar-refractivity contribution in [3.05, 3.63) is 57.2 Å². The van der Waals surface area contributed by atoms with E-state index in [0.29, 0.717) is 5.92 Å². The summed E-state index contributed by atoms with van der Waals surface area (Å²) in [6.45, 7) is 11.2. The van der Waals surface area contributed by atoms with Crippen LogP contribution in [0.5, 0.6) is 0 Å². The van der Waals surface area contributed by atoms with Gasteiger partial charge in [-0.15, -0.1) is 11.3 Å². The summed E-state index contributed by atoms with van der Waals surface area (Å²) in [5.41, 5.74) is 1.99. The second kappa shape index (κ2) is 8.79. The summed E-state index contributed by atoms with van der Waals surface area (Å²) in [4.78, 5) is 10.1. The number of thiophene rings is 1. The molecule has 2 aromatic heterocycles. The molecule has 6 heteroatoms. The number of para-hydroxylation sites is 1. The highest BCUT2D eigenvalue weighted by Crippen LogP contribution is 2.45. The molecule has 1 saturated heterocycles. The Kier molecular flexibility index (Phi) is 6.13. The Balaban J connectivity index is 1.51. The molecular weight excluding hydrogens is 436 g/mol. The first-order valence-corrected chi connectivity index (χ1v) is 13.1. The summed E-state index contributed by atoms with van der Waals surface area (Å²) >= 11 is 1.59. The van der Waals surface area contributed by atoms with Crippen molar-refractivity contribution in [3.8, 4) is 0 Å². The summed E-state index contributed by atoms with van der Waals surface area (Å²) in [7, 11) is 0. The minimum Gasteiger partial charge on any atom is -0.357 e. The molecule has 0 spiro atoms. The maximum atomic E-state index is 15.5. The van der Waals surface area contributed by atoms with Crippen molar-refractivity contribution >= 4 is 22.2 Å². The summed E-state index contributed by atoms with van der Waals surface area (Å²) in [5.74, 6) is 0.461. The number of hydrogen-bond donors (Lipinski definition) is 1. The molecule has 4 heterocycles. The second-order valence-electron chi connectivity index (χ2n) is 10.7. The van der Waals surface area contributed by atoms with Crippen LogP contribution in [-0.4, -0.2) is 52.7 Å². The van der Waals surface area contributed by atoms with E-state index in [1.54, 1.807) is 31.3 Å². The van der Waals surface area contributed by atoms with E-state index in [2.05, 4.69) is 46.8 Å². The topological polar surface area (TPSA) is 22.3 Å². The first kappa shape index (κ1) is 23.0. The largest absolute Gasteiger partial charge is 0.357 e. The van der Waals surface area contributed by atoms with Crippen LogP contribution in [0.15, 0.2) is 30.3 Å². The summed E-state index contributed by atoms with van der Waals surface area (Å²) in [6.07, 6.45) is 2.94. The Morgan fingerprint density at radius 3 is 2.70 bits per heavy atom. The predicted molar refractivity (Wildman–Crippen MR) is 133 cm³/mol. The molecule has 3 nitrogen and oxygen atoms in total. The highest BCUT2D eigenvalue weighted by atomic mass is 32.1. The molecule has 0 aliphatic carbocycles. The lowest BCUT2D eigenvalue weighted by molar-refractivity contribution is 0.0668. The lowest BCUT2D eigenvalue weighted by Crippen LogP contribution is -2.47. The van der Waals surface area contributed by atoms with Gasteiger partial charge in [0.1, 0.15) is 11.5 Å². The summed E-state index contributed by atoms with van der Waals surface area (Å²) in [5, 5.41) is 1.20. The summed E-state index contributed by atoms with van der Waals surface area (Å²) in [6, 6.07) is 9.86. The molecule has 1 N–H and O–H groups in total. The van der Waals surface area contributed by atoms with Crippen molar-refractivity contribution in [3.63, 3.8) is 0 Å². The average Bonchev–Trinajstić information content (AvgIpc) is 3.26. The van der Waals surface area contributed by atoms with Crippen LogP contribution in [0.25, 0.3) is 10.9 Å². The second-order valence-corrected chi connectivity index (χ2v) is 11.8. The van der Waals surface area contributed by atoms with E-state index >= 15 is 4.39 Å². The Hall–Kier alpha value is -1.76. The van der Waals surface area contributed by atoms with Crippen molar-refractivity contribution in [2.24, 2.45) is 5.92 Å². The van der Waals surface area contributed by atoms with Crippen LogP contribution < -0.4 is 0 Å². The van der Waals surface area contributed by atoms with Gasteiger partial charge in [-0.1, -0.05) is 25.1 Å². The molecule has 0 unspecified atom stereocenters. The smallest absolute Gasteiger partial charge is 0.139 e. The number of H-pyrrole nitrogens is 1. The van der Waals surface area contributed by atoms with Crippen LogP contribution in [0.1, 0.15) is 61.2 Å². The molecule has 1 aromatic carbocycles. The van der Waals surface area contributed by atoms with E-state index in [4.69, 9.17) is 0 Å². The molecule has 0 bridgehead atoms. The molecule has 178 valence electrons. The predicted octanol–water partition coefficient (Wildman–Crippen LogP) is 6.34. The van der Waals surface area contributed by atoms with Crippen molar-refractivity contribution in [2.75, 3.05) is 26.2 Å². The molecule has 2 atom stereocenters. The molecule has 2 aliphatic heterocycles. The number of halogens is 2. The number of fused-ring (bicyclic) bond motifs is 3. The molecule has 2 aliphatic rings. The van der Waals surface area contributed by atoms with Gasteiger partial charge in [-0.25, -0.2) is 8.78 Å². The third kappa shape index (κ3) is 4.50. The standard InChI is InChI=1S/C27H35F2N3S/c1-5-10-31-14-18(15-31)12-19-13-22(28)26(33-19)25-24-21(20-8-6-7-9-23(20)30-24)11-17(2)32(25)16-27(3,4)29/h6-9,13,17-18,25,30H,5,10-12,14-16H2,1-4H3/t17-,25+/m1/s1. The van der Waals surface area contributed by atoms with Gasteiger partial charge in [-0.2, -0.15) is 0 Å². The van der Waals surface area contributed by atoms with Gasteiger partial charge < -0.3 is 9.88 Å². The number of likely N-dealkylation sites (tertiary alicyclic amines) is 1. The average molecular weight is 472 g/mol. The fourth-order valence-electron chi connectivity index (χ4n) is 5.78. The van der Waals surface area contributed by atoms with Crippen LogP contribution in [0.4, 0.5) is 8.78 Å². The van der Waals surface area contributed by atoms with Gasteiger partial charge in [0.15, 0.2) is 0 Å². The maximum Gasteiger partial charge on any atom is 0.139 e. The lowest BCUT2D eigenvalue weighted by Gasteiger charge is -2.42. The highest BCUT2D eigenvalue weighted by Gasteiger charge is 2.40. The van der Waals surface area contributed by atoms with Crippen molar-refractivity contribution in [1.29, 1.82) is 0 Å². The highest BCUT2D eigenvalue weighted by molar-refractivity contribution is 7.12. The van der Waals surface area contributed by atoms with Crippen LogP contribution >= 0.6 is 11.3 Å². The van der Waals surface area contributed by atoms with Crippen molar-refractivity contribution in [1.82, 2.24) is 14.8 Å². The van der Waals surface area contributed by atoms with Gasteiger partial charge in [0.05, 0.1) is 10.9 Å². The zero-order valence-corrected chi connectivity index (χ0v) is 20.9. The van der Waals surface area contributed by atoms with Crippen LogP contribution in [0.3, 0.4) is 0 Å².